The number of rotatable bonds is 9. The molecule has 2 nitrogen and oxygen atoms in total. The third-order valence-corrected chi connectivity index (χ3v) is 2.22. The van der Waals surface area contributed by atoms with Crippen LogP contribution in [-0.2, 0) is 0 Å². The van der Waals surface area contributed by atoms with Crippen LogP contribution in [0.1, 0.15) is 33.1 Å². The van der Waals surface area contributed by atoms with E-state index >= 15 is 0 Å². The second-order valence-electron chi connectivity index (χ2n) is 4.32. The van der Waals surface area contributed by atoms with Crippen molar-refractivity contribution in [1.29, 1.82) is 0 Å². The molecule has 0 aliphatic rings. The third-order valence-electron chi connectivity index (χ3n) is 2.22. The zero-order chi connectivity index (χ0) is 11.7. The van der Waals surface area contributed by atoms with Crippen LogP contribution < -0.4 is 5.32 Å². The first kappa shape index (κ1) is 14.8. The highest BCUT2D eigenvalue weighted by atomic mass is 19.3. The Morgan fingerprint density at radius 3 is 2.33 bits per heavy atom. The van der Waals surface area contributed by atoms with E-state index in [1.807, 2.05) is 0 Å². The second-order valence-corrected chi connectivity index (χ2v) is 4.32. The van der Waals surface area contributed by atoms with Gasteiger partial charge in [0.1, 0.15) is 0 Å². The number of alkyl halides is 2. The smallest absolute Gasteiger partial charge is 0.251 e. The molecule has 0 rings (SSSR count). The quantitative estimate of drug-likeness (QED) is 0.602. The van der Waals surface area contributed by atoms with Gasteiger partial charge in [0.05, 0.1) is 6.54 Å². The lowest BCUT2D eigenvalue weighted by Crippen LogP contribution is -2.26. The first-order chi connectivity index (χ1) is 7.02. The van der Waals surface area contributed by atoms with E-state index in [-0.39, 0.29) is 6.54 Å². The molecule has 0 saturated carbocycles. The van der Waals surface area contributed by atoms with Gasteiger partial charge in [0, 0.05) is 6.04 Å². The van der Waals surface area contributed by atoms with Crippen molar-refractivity contribution in [2.75, 3.05) is 26.7 Å². The molecule has 0 aliphatic carbocycles. The SMILES string of the molecule is CC(C)NCCCCCN(C)CC(F)F. The van der Waals surface area contributed by atoms with Gasteiger partial charge in [0.2, 0.25) is 0 Å². The number of unbranched alkanes of at least 4 members (excludes halogenated alkanes) is 2. The minimum atomic E-state index is -2.21. The summed E-state index contributed by atoms with van der Waals surface area (Å²) in [6.07, 6.45) is 1.02. The molecule has 0 bridgehead atoms. The molecule has 92 valence electrons. The summed E-state index contributed by atoms with van der Waals surface area (Å²) in [4.78, 5) is 1.69. The Labute approximate surface area is 92.0 Å². The molecule has 0 unspecified atom stereocenters. The third kappa shape index (κ3) is 11.7. The van der Waals surface area contributed by atoms with Gasteiger partial charge in [-0.3, -0.25) is 0 Å². The van der Waals surface area contributed by atoms with Gasteiger partial charge in [-0.25, -0.2) is 8.78 Å². The largest absolute Gasteiger partial charge is 0.315 e. The highest BCUT2D eigenvalue weighted by molar-refractivity contribution is 4.56. The molecule has 0 aliphatic heterocycles. The van der Waals surface area contributed by atoms with Crippen LogP contribution in [0, 0.1) is 0 Å². The van der Waals surface area contributed by atoms with Crippen LogP contribution in [0.4, 0.5) is 8.78 Å². The number of hydrogen-bond donors (Lipinski definition) is 1. The van der Waals surface area contributed by atoms with E-state index < -0.39 is 6.43 Å². The summed E-state index contributed by atoms with van der Waals surface area (Å²) in [5.41, 5.74) is 0. The lowest BCUT2D eigenvalue weighted by Gasteiger charge is -2.15. The van der Waals surface area contributed by atoms with E-state index in [1.54, 1.807) is 11.9 Å². The first-order valence-corrected chi connectivity index (χ1v) is 5.72. The zero-order valence-corrected chi connectivity index (χ0v) is 10.1. The van der Waals surface area contributed by atoms with Crippen LogP contribution in [0.5, 0.6) is 0 Å². The average molecular weight is 222 g/mol. The number of nitrogens with zero attached hydrogens (tertiary/aromatic N) is 1. The molecule has 1 N–H and O–H groups in total. The van der Waals surface area contributed by atoms with E-state index in [0.717, 1.165) is 32.4 Å². The molecular formula is C11H24F2N2. The van der Waals surface area contributed by atoms with Crippen molar-refractivity contribution in [3.63, 3.8) is 0 Å². The fourth-order valence-corrected chi connectivity index (χ4v) is 1.40. The van der Waals surface area contributed by atoms with Crippen LogP contribution in [0.2, 0.25) is 0 Å². The van der Waals surface area contributed by atoms with Crippen LogP contribution in [0.25, 0.3) is 0 Å². The Bertz CT molecular complexity index is 141. The molecule has 0 saturated heterocycles. The minimum absolute atomic E-state index is 0.107. The number of nitrogens with one attached hydrogen (secondary N) is 1. The van der Waals surface area contributed by atoms with Crippen molar-refractivity contribution < 1.29 is 8.78 Å². The van der Waals surface area contributed by atoms with Crippen LogP contribution in [-0.4, -0.2) is 44.0 Å². The zero-order valence-electron chi connectivity index (χ0n) is 10.1. The highest BCUT2D eigenvalue weighted by Crippen LogP contribution is 2.00. The van der Waals surface area contributed by atoms with Crippen molar-refractivity contribution in [2.45, 2.75) is 45.6 Å². The molecule has 0 aromatic heterocycles. The lowest BCUT2D eigenvalue weighted by atomic mass is 10.2. The van der Waals surface area contributed by atoms with E-state index in [0.29, 0.717) is 6.04 Å². The second kappa shape index (κ2) is 9.04. The molecule has 0 heterocycles. The molecule has 15 heavy (non-hydrogen) atoms. The average Bonchev–Trinajstić information content (AvgIpc) is 2.09. The monoisotopic (exact) mass is 222 g/mol. The van der Waals surface area contributed by atoms with Crippen molar-refractivity contribution in [3.8, 4) is 0 Å². The van der Waals surface area contributed by atoms with Gasteiger partial charge in [-0.1, -0.05) is 20.3 Å². The summed E-state index contributed by atoms with van der Waals surface area (Å²) in [5.74, 6) is 0. The lowest BCUT2D eigenvalue weighted by molar-refractivity contribution is 0.0995. The van der Waals surface area contributed by atoms with Gasteiger partial charge in [-0.15, -0.1) is 0 Å². The fourth-order valence-electron chi connectivity index (χ4n) is 1.40. The first-order valence-electron chi connectivity index (χ1n) is 5.72. The fraction of sp³-hybridized carbons (Fsp3) is 1.00. The highest BCUT2D eigenvalue weighted by Gasteiger charge is 2.06. The predicted octanol–water partition coefficient (Wildman–Crippen LogP) is 2.35. The molecule has 0 aromatic carbocycles. The Morgan fingerprint density at radius 2 is 1.80 bits per heavy atom. The maximum atomic E-state index is 12.0. The number of hydrogen-bond acceptors (Lipinski definition) is 2. The molecule has 4 heteroatoms. The standard InChI is InChI=1S/C11H24F2N2/c1-10(2)14-7-5-4-6-8-15(3)9-11(12)13/h10-11,14H,4-9H2,1-3H3. The van der Waals surface area contributed by atoms with Crippen LogP contribution >= 0.6 is 0 Å². The molecule has 0 atom stereocenters. The summed E-state index contributed by atoms with van der Waals surface area (Å²) >= 11 is 0. The Kier molecular flexibility index (Phi) is 8.91. The van der Waals surface area contributed by atoms with Crippen LogP contribution in [0.3, 0.4) is 0 Å². The number of halogens is 2. The molecule has 0 spiro atoms. The summed E-state index contributed by atoms with van der Waals surface area (Å²) < 4.78 is 23.9. The van der Waals surface area contributed by atoms with Gasteiger partial charge < -0.3 is 10.2 Å². The minimum Gasteiger partial charge on any atom is -0.315 e. The Balaban J connectivity index is 3.16. The van der Waals surface area contributed by atoms with E-state index in [2.05, 4.69) is 19.2 Å². The van der Waals surface area contributed by atoms with Gasteiger partial charge in [-0.05, 0) is 33.0 Å². The predicted molar refractivity (Wildman–Crippen MR) is 60.5 cm³/mol. The molecule has 0 aromatic rings. The van der Waals surface area contributed by atoms with E-state index in [4.69, 9.17) is 0 Å². The molecule has 0 radical (unpaired) electrons. The van der Waals surface area contributed by atoms with Crippen molar-refractivity contribution >= 4 is 0 Å². The summed E-state index contributed by atoms with van der Waals surface area (Å²) in [7, 11) is 1.75. The van der Waals surface area contributed by atoms with Gasteiger partial charge >= 0.3 is 0 Å². The molecule has 0 fully saturated rings. The van der Waals surface area contributed by atoms with Crippen molar-refractivity contribution in [1.82, 2.24) is 10.2 Å². The maximum Gasteiger partial charge on any atom is 0.251 e. The van der Waals surface area contributed by atoms with E-state index in [9.17, 15) is 8.78 Å². The Hall–Kier alpha value is -0.220. The maximum absolute atomic E-state index is 12.0. The van der Waals surface area contributed by atoms with Crippen LogP contribution in [0.15, 0.2) is 0 Å². The van der Waals surface area contributed by atoms with Gasteiger partial charge in [0.15, 0.2) is 0 Å². The summed E-state index contributed by atoms with van der Waals surface area (Å²) in [6.45, 7) is 5.93. The Morgan fingerprint density at radius 1 is 1.13 bits per heavy atom. The van der Waals surface area contributed by atoms with Crippen molar-refractivity contribution in [2.24, 2.45) is 0 Å². The molecule has 0 amide bonds. The van der Waals surface area contributed by atoms with E-state index in [1.165, 1.54) is 0 Å². The van der Waals surface area contributed by atoms with Crippen molar-refractivity contribution in [3.05, 3.63) is 0 Å². The normalized spacial score (nSPS) is 12.0. The summed E-state index contributed by atoms with van der Waals surface area (Å²) in [5, 5.41) is 3.33. The summed E-state index contributed by atoms with van der Waals surface area (Å²) in [6, 6.07) is 0.534. The topological polar surface area (TPSA) is 15.3 Å². The van der Waals surface area contributed by atoms with Gasteiger partial charge in [-0.2, -0.15) is 0 Å². The molecular weight excluding hydrogens is 198 g/mol. The van der Waals surface area contributed by atoms with Gasteiger partial charge in [0.25, 0.3) is 6.43 Å².